The maximum Gasteiger partial charge on any atom is 0.335 e. The lowest BCUT2D eigenvalue weighted by atomic mass is 9.64. The van der Waals surface area contributed by atoms with E-state index >= 15 is 0 Å². The molecule has 1 saturated heterocycles. The molecule has 2 aliphatic carbocycles. The predicted octanol–water partition coefficient (Wildman–Crippen LogP) is 0.597. The molecule has 27 heavy (non-hydrogen) atoms. The summed E-state index contributed by atoms with van der Waals surface area (Å²) in [5.74, 6) is -2.27. The number of ketones is 1. The fraction of sp³-hybridized carbons (Fsp3) is 0.800. The van der Waals surface area contributed by atoms with Gasteiger partial charge in [0.25, 0.3) is 0 Å². The van der Waals surface area contributed by atoms with Gasteiger partial charge in [-0.05, 0) is 23.8 Å². The van der Waals surface area contributed by atoms with Crippen LogP contribution in [0.5, 0.6) is 0 Å². The summed E-state index contributed by atoms with van der Waals surface area (Å²) in [7, 11) is 0. The molecule has 0 bridgehead atoms. The van der Waals surface area contributed by atoms with Crippen molar-refractivity contribution in [2.45, 2.75) is 70.6 Å². The van der Waals surface area contributed by atoms with Gasteiger partial charge in [0, 0.05) is 11.3 Å². The number of rotatable bonds is 5. The first kappa shape index (κ1) is 20.5. The number of hydrogen-bond donors (Lipinski definition) is 3. The minimum Gasteiger partial charge on any atom is -0.457 e. The van der Waals surface area contributed by atoms with Crippen molar-refractivity contribution in [3.63, 3.8) is 0 Å². The number of epoxide rings is 1. The predicted molar refractivity (Wildman–Crippen MR) is 95.6 cm³/mol. The number of aliphatic hydroxyl groups is 3. The minimum absolute atomic E-state index is 0.159. The molecule has 3 aliphatic rings. The second-order valence-corrected chi connectivity index (χ2v) is 9.31. The van der Waals surface area contributed by atoms with Gasteiger partial charge in [-0.2, -0.15) is 0 Å². The van der Waals surface area contributed by atoms with E-state index in [1.165, 1.54) is 0 Å². The molecule has 152 valence electrons. The Hall–Kier alpha value is -1.28. The number of carbonyl (C=O) groups is 2. The molecule has 0 radical (unpaired) electrons. The quantitative estimate of drug-likeness (QED) is 0.362. The van der Waals surface area contributed by atoms with Crippen molar-refractivity contribution >= 4 is 11.8 Å². The van der Waals surface area contributed by atoms with E-state index in [0.717, 1.165) is 0 Å². The average molecular weight is 382 g/mol. The van der Waals surface area contributed by atoms with E-state index in [-0.39, 0.29) is 17.4 Å². The van der Waals surface area contributed by atoms with Crippen molar-refractivity contribution in [3.05, 3.63) is 12.2 Å². The molecular formula is C20H30O7. The third-order valence-electron chi connectivity index (χ3n) is 6.77. The van der Waals surface area contributed by atoms with E-state index in [0.29, 0.717) is 6.42 Å². The van der Waals surface area contributed by atoms with Crippen LogP contribution in [0.2, 0.25) is 0 Å². The highest BCUT2D eigenvalue weighted by Crippen LogP contribution is 2.72. The molecule has 1 heterocycles. The first-order valence-electron chi connectivity index (χ1n) is 9.48. The maximum atomic E-state index is 13.0. The number of carbonyl (C=O) groups excluding carboxylic acids is 2. The molecule has 1 unspecified atom stereocenters. The van der Waals surface area contributed by atoms with Gasteiger partial charge < -0.3 is 24.8 Å². The fourth-order valence-electron chi connectivity index (χ4n) is 5.23. The first-order valence-corrected chi connectivity index (χ1v) is 9.48. The molecular weight excluding hydrogens is 352 g/mol. The highest BCUT2D eigenvalue weighted by Gasteiger charge is 2.89. The molecule has 1 spiro atoms. The third-order valence-corrected chi connectivity index (χ3v) is 6.77. The van der Waals surface area contributed by atoms with Gasteiger partial charge >= 0.3 is 5.97 Å². The Morgan fingerprint density at radius 2 is 2.00 bits per heavy atom. The number of hydrogen-bond acceptors (Lipinski definition) is 7. The van der Waals surface area contributed by atoms with E-state index in [9.17, 15) is 24.9 Å². The van der Waals surface area contributed by atoms with Crippen LogP contribution in [0, 0.1) is 23.2 Å². The van der Waals surface area contributed by atoms with Crippen LogP contribution in [-0.2, 0) is 19.1 Å². The molecule has 0 aromatic heterocycles. The lowest BCUT2D eigenvalue weighted by Crippen LogP contribution is -2.58. The summed E-state index contributed by atoms with van der Waals surface area (Å²) in [5, 5.41) is 30.3. The topological polar surface area (TPSA) is 117 Å². The van der Waals surface area contributed by atoms with Crippen LogP contribution >= 0.6 is 0 Å². The van der Waals surface area contributed by atoms with Crippen molar-refractivity contribution in [1.29, 1.82) is 0 Å². The maximum absolute atomic E-state index is 13.0. The van der Waals surface area contributed by atoms with Crippen LogP contribution < -0.4 is 0 Å². The van der Waals surface area contributed by atoms with Gasteiger partial charge in [0.1, 0.15) is 12.2 Å². The Bertz CT molecular complexity index is 684. The Labute approximate surface area is 159 Å². The summed E-state index contributed by atoms with van der Waals surface area (Å²) in [6.07, 6.45) is -2.76. The number of Topliss-reactive ketones (excluding diaryl/α,β-unsaturated/α-hetero) is 1. The van der Waals surface area contributed by atoms with Gasteiger partial charge in [-0.3, -0.25) is 4.79 Å². The highest BCUT2D eigenvalue weighted by molar-refractivity contribution is 6.00. The monoisotopic (exact) mass is 382 g/mol. The molecule has 0 amide bonds. The molecule has 0 aromatic carbocycles. The van der Waals surface area contributed by atoms with Crippen molar-refractivity contribution in [1.82, 2.24) is 0 Å². The van der Waals surface area contributed by atoms with Crippen molar-refractivity contribution < 1.29 is 34.4 Å². The van der Waals surface area contributed by atoms with E-state index < -0.39 is 59.2 Å². The lowest BCUT2D eigenvalue weighted by molar-refractivity contribution is -0.171. The summed E-state index contributed by atoms with van der Waals surface area (Å²) < 4.78 is 11.8. The molecule has 1 aliphatic heterocycles. The van der Waals surface area contributed by atoms with Crippen LogP contribution in [0.15, 0.2) is 12.2 Å². The second-order valence-electron chi connectivity index (χ2n) is 9.31. The molecule has 3 rings (SSSR count). The minimum atomic E-state index is -1.56. The Morgan fingerprint density at radius 3 is 2.52 bits per heavy atom. The smallest absolute Gasteiger partial charge is 0.335 e. The van der Waals surface area contributed by atoms with E-state index in [1.807, 2.05) is 13.8 Å². The van der Waals surface area contributed by atoms with E-state index in [4.69, 9.17) is 9.47 Å². The van der Waals surface area contributed by atoms with Gasteiger partial charge in [0.2, 0.25) is 5.78 Å². The molecule has 7 atom stereocenters. The highest BCUT2D eigenvalue weighted by atomic mass is 16.7. The largest absolute Gasteiger partial charge is 0.457 e. The van der Waals surface area contributed by atoms with Crippen LogP contribution in [-0.4, -0.2) is 63.2 Å². The zero-order valence-corrected chi connectivity index (χ0v) is 16.6. The van der Waals surface area contributed by atoms with Gasteiger partial charge in [-0.15, -0.1) is 0 Å². The van der Waals surface area contributed by atoms with Crippen molar-refractivity contribution in [2.75, 3.05) is 6.61 Å². The first-order chi connectivity index (χ1) is 12.4. The summed E-state index contributed by atoms with van der Waals surface area (Å²) in [5.41, 5.74) is -3.11. The summed E-state index contributed by atoms with van der Waals surface area (Å²) >= 11 is 0. The zero-order chi connectivity index (χ0) is 20.5. The lowest BCUT2D eigenvalue weighted by Gasteiger charge is -2.38. The molecule has 7 nitrogen and oxygen atoms in total. The van der Waals surface area contributed by atoms with Gasteiger partial charge in [0.15, 0.2) is 17.3 Å². The number of aliphatic hydroxyl groups excluding tert-OH is 3. The van der Waals surface area contributed by atoms with E-state index in [2.05, 4.69) is 6.58 Å². The normalized spacial score (nSPS) is 43.1. The van der Waals surface area contributed by atoms with Crippen LogP contribution in [0.25, 0.3) is 0 Å². The van der Waals surface area contributed by atoms with Gasteiger partial charge in [-0.25, -0.2) is 4.79 Å². The molecule has 7 heteroatoms. The standard InChI is InChI=1S/C20H30O7/c1-9(2)13(22)16(25)26-17-18(5,6)7-12-11(4)14(23)15(24)19(10(3)8-21)20(12,17)27-19/h9,11-14,17,21-23H,3,7-8H2,1-2,4-6H3/t11-,12+,13?,14-,17-,19+,20+/m0/s1. The molecule has 3 N–H and O–H groups in total. The zero-order valence-electron chi connectivity index (χ0n) is 16.6. The Morgan fingerprint density at radius 1 is 1.41 bits per heavy atom. The average Bonchev–Trinajstić information content (AvgIpc) is 3.26. The van der Waals surface area contributed by atoms with E-state index in [1.54, 1.807) is 20.8 Å². The van der Waals surface area contributed by atoms with Gasteiger partial charge in [-0.1, -0.05) is 41.2 Å². The number of ether oxygens (including phenoxy) is 2. The Balaban J connectivity index is 2.06. The molecule has 0 aromatic rings. The Kier molecular flexibility index (Phi) is 4.63. The van der Waals surface area contributed by atoms with Crippen molar-refractivity contribution in [2.24, 2.45) is 23.2 Å². The number of esters is 1. The summed E-state index contributed by atoms with van der Waals surface area (Å²) in [4.78, 5) is 25.5. The summed E-state index contributed by atoms with van der Waals surface area (Å²) in [6, 6.07) is 0. The molecule has 3 fully saturated rings. The summed E-state index contributed by atoms with van der Waals surface area (Å²) in [6.45, 7) is 12.4. The SMILES string of the molecule is C=C(CO)[C@]12O[C@@]13[C@H](CC(C)(C)[C@@H]3OC(=O)C(O)C(C)C)[C@H](C)[C@H](O)C2=O. The molecule has 2 saturated carbocycles. The van der Waals surface area contributed by atoms with Crippen LogP contribution in [0.4, 0.5) is 0 Å². The second kappa shape index (κ2) is 6.11. The fourth-order valence-corrected chi connectivity index (χ4v) is 5.23. The van der Waals surface area contributed by atoms with Crippen molar-refractivity contribution in [3.8, 4) is 0 Å². The third kappa shape index (κ3) is 2.41. The van der Waals surface area contributed by atoms with Gasteiger partial charge in [0.05, 0.1) is 6.61 Å². The van der Waals surface area contributed by atoms with Crippen LogP contribution in [0.1, 0.15) is 41.0 Å². The van der Waals surface area contributed by atoms with Crippen LogP contribution in [0.3, 0.4) is 0 Å².